The minimum Gasteiger partial charge on any atom is -0.395 e. The summed E-state index contributed by atoms with van der Waals surface area (Å²) >= 11 is 1.63. The van der Waals surface area contributed by atoms with Crippen LogP contribution in [0, 0.1) is 5.41 Å². The molecule has 19 rings (SSSR count). The smallest absolute Gasteiger partial charge is 0.251 e. The summed E-state index contributed by atoms with van der Waals surface area (Å²) < 4.78 is 22.5. The molecule has 2 aromatic carbocycles. The summed E-state index contributed by atoms with van der Waals surface area (Å²) in [6, 6.07) is 32.0. The lowest BCUT2D eigenvalue weighted by atomic mass is 9.86. The maximum absolute atomic E-state index is 12.9. The number of pyridine rings is 1. The van der Waals surface area contributed by atoms with Crippen molar-refractivity contribution in [3.63, 3.8) is 0 Å². The van der Waals surface area contributed by atoms with Gasteiger partial charge in [-0.3, -0.25) is 43.3 Å². The Labute approximate surface area is 811 Å². The number of nitrogens with two attached hydrogens (primary N) is 4. The number of amides is 4. The molecule has 15 aromatic rings. The molecule has 17 heterocycles. The molecular weight excluding hydrogens is 1800 g/mol. The van der Waals surface area contributed by atoms with E-state index in [0.29, 0.717) is 177 Å². The van der Waals surface area contributed by atoms with E-state index >= 15 is 0 Å². The number of benzene rings is 2. The summed E-state index contributed by atoms with van der Waals surface area (Å²) in [6.07, 6.45) is 23.9. The van der Waals surface area contributed by atoms with Crippen molar-refractivity contribution < 1.29 is 63.1 Å². The SMILES string of the molecule is CC(=O)c1c(C2CCN(C(=O)C(C)(CO)CO)CC2)nc2c(-c3ccn(-c4ccccc4)c3)cnn2c1N.CC(=O)c1c(C2CCN(C(=O)[C@@H](C)O)CC2)nc2c(-c3ccn(C)c3)cnn2c1N.CO[C@H](C)C(=O)N1CCC(c2nc3c(-c4ccc(-c5ccsc5)nc4)cnn3c(N)c2C(C)=O)CC1.CO[C@H](C)C(=O)N1CCC(c2nc3c(-c4ccn(-c5ccccc5)c4)cnn3c(N)c2C(C)=O)CC1. The summed E-state index contributed by atoms with van der Waals surface area (Å²) in [7, 11) is 5.01. The molecule has 4 aliphatic heterocycles. The van der Waals surface area contributed by atoms with Crippen LogP contribution in [0.5, 0.6) is 0 Å². The van der Waals surface area contributed by atoms with Crippen molar-refractivity contribution in [1.29, 1.82) is 0 Å². The average molecular weight is 1920 g/mol. The van der Waals surface area contributed by atoms with Crippen LogP contribution in [-0.4, -0.2) is 257 Å². The minimum atomic E-state index is -1.22. The lowest BCUT2D eigenvalue weighted by Gasteiger charge is -2.37. The monoisotopic (exact) mass is 1920 g/mol. The van der Waals surface area contributed by atoms with Crippen LogP contribution < -0.4 is 22.9 Å². The number of aliphatic hydroxyl groups is 3. The van der Waals surface area contributed by atoms with E-state index in [-0.39, 0.29) is 87.9 Å². The molecule has 38 heteroatoms. The van der Waals surface area contributed by atoms with Gasteiger partial charge in [-0.15, -0.1) is 0 Å². The summed E-state index contributed by atoms with van der Waals surface area (Å²) in [5.74, 6) is -0.217. The molecule has 3 atom stereocenters. The second kappa shape index (κ2) is 41.8. The van der Waals surface area contributed by atoms with Crippen LogP contribution in [-0.2, 0) is 35.7 Å². The second-order valence-corrected chi connectivity index (χ2v) is 37.2. The number of aromatic nitrogens is 16. The quantitative estimate of drug-likeness (QED) is 0.0292. The lowest BCUT2D eigenvalue weighted by Crippen LogP contribution is -2.49. The van der Waals surface area contributed by atoms with Crippen molar-refractivity contribution >= 4 is 104 Å². The predicted molar refractivity (Wildman–Crippen MR) is 531 cm³/mol. The Bertz CT molecular complexity index is 7100. The van der Waals surface area contributed by atoms with E-state index in [1.165, 1.54) is 62.4 Å². The third-order valence-corrected chi connectivity index (χ3v) is 27.8. The molecule has 0 saturated carbocycles. The van der Waals surface area contributed by atoms with Gasteiger partial charge in [-0.25, -0.2) is 19.9 Å². The number of anilines is 4. The third-order valence-electron chi connectivity index (χ3n) is 27.1. The molecule has 11 N–H and O–H groups in total. The fraction of sp³-hybridized carbons (Fsp3) is 0.363. The minimum absolute atomic E-state index is 0.0000528. The first kappa shape index (κ1) is 98.2. The molecule has 4 aliphatic rings. The zero-order chi connectivity index (χ0) is 99.4. The van der Waals surface area contributed by atoms with Crippen LogP contribution in [0.25, 0.3) is 89.7 Å². The van der Waals surface area contributed by atoms with E-state index in [0.717, 1.165) is 67.1 Å². The normalized spacial score (nSPS) is 15.4. The van der Waals surface area contributed by atoms with E-state index in [9.17, 15) is 53.7 Å². The number of carbonyl (C=O) groups is 8. The summed E-state index contributed by atoms with van der Waals surface area (Å²) in [4.78, 5) is 132. The molecule has 37 nitrogen and oxygen atoms in total. The predicted octanol–water partition coefficient (Wildman–Crippen LogP) is 12.0. The number of rotatable bonds is 23. The molecule has 0 aliphatic carbocycles. The maximum atomic E-state index is 12.9. The number of ether oxygens (including phenoxy) is 2. The number of aryl methyl sites for hydroxylation is 1. The van der Waals surface area contributed by atoms with Gasteiger partial charge in [0.2, 0.25) is 5.91 Å². The molecule has 4 amide bonds. The highest BCUT2D eigenvalue weighted by molar-refractivity contribution is 7.08. The van der Waals surface area contributed by atoms with Crippen molar-refractivity contribution in [2.45, 2.75) is 149 Å². The van der Waals surface area contributed by atoms with Gasteiger partial charge in [0.25, 0.3) is 17.7 Å². The molecule has 0 spiro atoms. The Balaban J connectivity index is 0.000000135. The number of thiophene rings is 1. The molecule has 728 valence electrons. The number of aliphatic hydroxyl groups excluding tert-OH is 3. The first-order valence-corrected chi connectivity index (χ1v) is 47.7. The number of likely N-dealkylation sites (tertiary alicyclic amines) is 4. The van der Waals surface area contributed by atoms with E-state index < -0.39 is 36.9 Å². The Morgan fingerprint density at radius 1 is 0.421 bits per heavy atom. The van der Waals surface area contributed by atoms with Gasteiger partial charge in [-0.2, -0.15) is 49.8 Å². The van der Waals surface area contributed by atoms with Crippen LogP contribution in [0.2, 0.25) is 0 Å². The number of hydrogen-bond donors (Lipinski definition) is 7. The molecule has 0 bridgehead atoms. The van der Waals surface area contributed by atoms with Crippen LogP contribution in [0.3, 0.4) is 0 Å². The largest absolute Gasteiger partial charge is 0.395 e. The fourth-order valence-electron chi connectivity index (χ4n) is 19.0. The van der Waals surface area contributed by atoms with Crippen LogP contribution in [0.15, 0.2) is 176 Å². The first-order chi connectivity index (χ1) is 67.3. The number of Topliss-reactive ketones (excluding diaryl/α,β-unsaturated/α-hetero) is 4. The van der Waals surface area contributed by atoms with Crippen molar-refractivity contribution in [3.8, 4) is 67.1 Å². The second-order valence-electron chi connectivity index (χ2n) is 36.4. The van der Waals surface area contributed by atoms with Gasteiger partial charge in [-0.05, 0) is 167 Å². The Morgan fingerprint density at radius 2 is 0.750 bits per heavy atom. The third kappa shape index (κ3) is 19.7. The van der Waals surface area contributed by atoms with Crippen LogP contribution >= 0.6 is 11.3 Å². The number of carbonyl (C=O) groups excluding carboxylic acids is 8. The van der Waals surface area contributed by atoms with E-state index in [4.69, 9.17) is 52.3 Å². The summed E-state index contributed by atoms with van der Waals surface area (Å²) in [5.41, 5.74) is 42.3. The van der Waals surface area contributed by atoms with Gasteiger partial charge < -0.3 is 81.0 Å². The Morgan fingerprint density at radius 3 is 1.04 bits per heavy atom. The Kier molecular flexibility index (Phi) is 29.4. The first-order valence-electron chi connectivity index (χ1n) is 46.7. The van der Waals surface area contributed by atoms with Crippen molar-refractivity contribution in [2.24, 2.45) is 12.5 Å². The van der Waals surface area contributed by atoms with Crippen molar-refractivity contribution in [1.82, 2.24) is 96.7 Å². The number of fused-ring (bicyclic) bond motifs is 4. The summed E-state index contributed by atoms with van der Waals surface area (Å²) in [5, 5.41) is 50.7. The van der Waals surface area contributed by atoms with Gasteiger partial charge in [0, 0.05) is 208 Å². The van der Waals surface area contributed by atoms with Gasteiger partial charge in [0.05, 0.1) is 94.1 Å². The molecule has 0 unspecified atom stereocenters. The highest BCUT2D eigenvalue weighted by atomic mass is 32.1. The zero-order valence-electron chi connectivity index (χ0n) is 80.1. The molecule has 140 heavy (non-hydrogen) atoms. The number of para-hydroxylation sites is 2. The molecule has 0 radical (unpaired) electrons. The Hall–Kier alpha value is -14.8. The lowest BCUT2D eigenvalue weighted by molar-refractivity contribution is -0.147. The van der Waals surface area contributed by atoms with Crippen molar-refractivity contribution in [2.75, 3.05) is 103 Å². The fourth-order valence-corrected chi connectivity index (χ4v) is 19.7. The van der Waals surface area contributed by atoms with Gasteiger partial charge in [-0.1, -0.05) is 42.5 Å². The van der Waals surface area contributed by atoms with E-state index in [1.54, 1.807) is 71.2 Å². The maximum Gasteiger partial charge on any atom is 0.251 e. The number of methoxy groups -OCH3 is 2. The topological polar surface area (TPSA) is 481 Å². The number of nitrogen functional groups attached to an aromatic ring is 4. The highest BCUT2D eigenvalue weighted by Gasteiger charge is 2.41. The van der Waals surface area contributed by atoms with Gasteiger partial charge in [0.15, 0.2) is 45.7 Å². The molecule has 4 fully saturated rings. The molecule has 4 saturated heterocycles. The average Bonchev–Trinajstić information content (AvgIpc) is 1.59. The summed E-state index contributed by atoms with van der Waals surface area (Å²) in [6.45, 7) is 15.8. The number of nitrogens with zero attached hydrogens (tertiary/aromatic N) is 20. The molecule has 13 aromatic heterocycles. The van der Waals surface area contributed by atoms with Crippen LogP contribution in [0.4, 0.5) is 23.3 Å². The van der Waals surface area contributed by atoms with Gasteiger partial charge >= 0.3 is 0 Å². The highest BCUT2D eigenvalue weighted by Crippen LogP contribution is 2.42. The van der Waals surface area contributed by atoms with Crippen molar-refractivity contribution in [3.05, 3.63) is 221 Å². The standard InChI is InChI=1S/C28H32N6O4.C27H30N6O3.C26H28N6O3S.C21H26N6O3/c1-18(37)23-24(19-8-11-32(12-9-19)27(38)28(2,16-35)17-36)31-26-22(14-30-34(26)25(23)29)20-10-13-33(15-20)21-6-4-3-5-7-21;1-17(34)23-24(19-9-12-31(13-10-19)27(35)18(2)36-3)30-26-22(15-29-33(26)25(23)28)20-11-14-32(16-20)21-7-5-4-6-8-21;1-15(33)22-23(17-6-9-31(10-7-17)26(34)16(2)35-3)30-25-20(13-29-32(25)24(22)27)18-4-5-21(28-12-18)19-8-11-36-14-19;1-12(28)17-18(14-5-8-26(9-6-14)21(30)13(2)29)24-20-16(10-23-27(20)19(17)22)15-4-7-25(3)11-15/h3-7,10,13-15,19,35-36H,8-9,11-12,16-17,29H2,1-2H3;4-8,11,14-16,18-19H,9-10,12-13,28H2,1-3H3;4-5,8,11-14,16-17H,6-7,9-10,27H2,1-3H3;4,7,10-11,13-14,29H,5-6,8-9,22H2,1-3H3/t;18-;16-;13-/m.111/s1. The van der Waals surface area contributed by atoms with Crippen LogP contribution in [0.1, 0.15) is 195 Å². The van der Waals surface area contributed by atoms with Gasteiger partial charge in [0.1, 0.15) is 41.6 Å². The number of piperidine rings is 4. The number of hydrogen-bond acceptors (Lipinski definition) is 27. The number of ketones is 4. The van der Waals surface area contributed by atoms with E-state index in [1.807, 2.05) is 176 Å². The zero-order valence-corrected chi connectivity index (χ0v) is 80.9. The molecular formula is C102H116N24O13S. The van der Waals surface area contributed by atoms with E-state index in [2.05, 4.69) is 30.8 Å².